The summed E-state index contributed by atoms with van der Waals surface area (Å²) in [7, 11) is 0. The summed E-state index contributed by atoms with van der Waals surface area (Å²) in [5.41, 5.74) is 13.2. The van der Waals surface area contributed by atoms with Crippen LogP contribution in [0, 0.1) is 5.53 Å². The molecule has 40 valence electrons. The average Bonchev–Trinajstić information content (AvgIpc) is 1.41. The van der Waals surface area contributed by atoms with Crippen LogP contribution in [0.25, 0.3) is 5.53 Å². The zero-order chi connectivity index (χ0) is 4.12. The van der Waals surface area contributed by atoms with Gasteiger partial charge in [0.2, 0.25) is 4.79 Å². The molecule has 0 saturated heterocycles. The number of hydrogen-bond acceptors (Lipinski definition) is 1. The molecule has 4 nitrogen and oxygen atoms in total. The van der Waals surface area contributed by atoms with E-state index in [1.165, 1.54) is 0 Å². The zero-order valence-corrected chi connectivity index (χ0v) is 5.34. The van der Waals surface area contributed by atoms with Crippen LogP contribution in [0.5, 0.6) is 0 Å². The van der Waals surface area contributed by atoms with Crippen LogP contribution in [0.1, 0.15) is 0 Å². The Morgan fingerprint density at radius 2 is 1.86 bits per heavy atom. The molecule has 0 aliphatic carbocycles. The second kappa shape index (κ2) is 17.8. The highest BCUT2D eigenvalue weighted by molar-refractivity contribution is 7.59. The Morgan fingerprint density at radius 3 is 1.86 bits per heavy atom. The molecule has 0 aromatic heterocycles. The van der Waals surface area contributed by atoms with Gasteiger partial charge >= 0.3 is 6.01 Å². The second-order valence-corrected chi connectivity index (χ2v) is 0.312. The maximum Gasteiger partial charge on any atom is 0.782 e. The lowest BCUT2D eigenvalue weighted by Crippen LogP contribution is -1.48. The molecule has 0 unspecified atom stereocenters. The highest BCUT2D eigenvalue weighted by Gasteiger charge is 1.61. The van der Waals surface area contributed by atoms with Gasteiger partial charge in [-0.05, 0) is 4.79 Å². The van der Waals surface area contributed by atoms with Crippen molar-refractivity contribution in [3.05, 3.63) is 5.53 Å². The van der Waals surface area contributed by atoms with E-state index < -0.39 is 0 Å². The Morgan fingerprint density at radius 1 is 1.43 bits per heavy atom. The molecule has 0 atom stereocenters. The molecule has 0 radical (unpaired) electrons. The quantitative estimate of drug-likeness (QED) is 0.274. The summed E-state index contributed by atoms with van der Waals surface area (Å²) >= 11 is 0. The standard InChI is InChI=1S/CHN4.2H2S/c2-4-1-5-3;;/h2H;2*1H2/q+1;;. The first-order chi connectivity index (χ1) is 2.41. The van der Waals surface area contributed by atoms with E-state index in [0.717, 1.165) is 0 Å². The van der Waals surface area contributed by atoms with Crippen LogP contribution >= 0.6 is 27.0 Å². The minimum absolute atomic E-state index is 0. The molecule has 0 rings (SSSR count). The minimum atomic E-state index is 0. The highest BCUT2D eigenvalue weighted by atomic mass is 32.1. The molecule has 0 aliphatic rings. The van der Waals surface area contributed by atoms with Gasteiger partial charge in [0.15, 0.2) is 0 Å². The molecule has 0 fully saturated rings. The van der Waals surface area contributed by atoms with Gasteiger partial charge in [0.25, 0.3) is 0 Å². The first-order valence-electron chi connectivity index (χ1n) is 0.871. The van der Waals surface area contributed by atoms with Crippen molar-refractivity contribution >= 4 is 33.0 Å². The average molecular weight is 137 g/mol. The van der Waals surface area contributed by atoms with Gasteiger partial charge in [0.05, 0.1) is 5.53 Å². The van der Waals surface area contributed by atoms with Gasteiger partial charge in [-0.2, -0.15) is 27.0 Å². The van der Waals surface area contributed by atoms with E-state index in [2.05, 4.69) is 9.58 Å². The Kier molecular flexibility index (Phi) is 40.9. The van der Waals surface area contributed by atoms with Crippen LogP contribution in [0.2, 0.25) is 0 Å². The summed E-state index contributed by atoms with van der Waals surface area (Å²) in [6, 6.07) is 1.58. The monoisotopic (exact) mass is 137 g/mol. The van der Waals surface area contributed by atoms with Crippen molar-refractivity contribution in [1.29, 1.82) is 5.53 Å². The number of rotatable bonds is 0. The van der Waals surface area contributed by atoms with Gasteiger partial charge in [-0.15, -0.1) is 0 Å². The fourth-order valence-electron chi connectivity index (χ4n) is 0.0224. The van der Waals surface area contributed by atoms with Crippen molar-refractivity contribution in [2.75, 3.05) is 0 Å². The summed E-state index contributed by atoms with van der Waals surface area (Å²) in [6.07, 6.45) is 0. The molecule has 0 spiro atoms. The predicted molar refractivity (Wildman–Crippen MR) is 32.4 cm³/mol. The van der Waals surface area contributed by atoms with E-state index in [-0.39, 0.29) is 27.0 Å². The minimum Gasteiger partial charge on any atom is -0.341 e. The van der Waals surface area contributed by atoms with Gasteiger partial charge in [-0.1, -0.05) is 0 Å². The van der Waals surface area contributed by atoms with E-state index in [0.29, 0.717) is 0 Å². The predicted octanol–water partition coefficient (Wildman–Crippen LogP) is -0.145. The summed E-state index contributed by atoms with van der Waals surface area (Å²) in [5.74, 6) is 0. The molecule has 7 heavy (non-hydrogen) atoms. The van der Waals surface area contributed by atoms with E-state index in [1.54, 1.807) is 6.01 Å². The normalized spacial score (nSPS) is 2.29. The zero-order valence-electron chi connectivity index (χ0n) is 3.34. The van der Waals surface area contributed by atoms with Gasteiger partial charge in [0.1, 0.15) is 0 Å². The second-order valence-electron chi connectivity index (χ2n) is 0.312. The maximum atomic E-state index is 7.37. The van der Waals surface area contributed by atoms with Crippen molar-refractivity contribution < 1.29 is 9.58 Å². The third-order valence-electron chi connectivity index (χ3n) is 0.0947. The van der Waals surface area contributed by atoms with Crippen LogP contribution in [0.3, 0.4) is 0 Å². The van der Waals surface area contributed by atoms with Gasteiger partial charge in [-0.3, -0.25) is 0 Å². The molecule has 0 aromatic carbocycles. The highest BCUT2D eigenvalue weighted by Crippen LogP contribution is 1.03. The summed E-state index contributed by atoms with van der Waals surface area (Å²) in [6.45, 7) is 0. The topological polar surface area (TPSA) is 74.4 Å². The molecule has 0 amide bonds. The molecule has 1 N–H and O–H groups in total. The van der Waals surface area contributed by atoms with Gasteiger partial charge in [-0.25, -0.2) is 0 Å². The lowest BCUT2D eigenvalue weighted by molar-refractivity contribution is -0.152. The van der Waals surface area contributed by atoms with E-state index in [4.69, 9.17) is 11.1 Å². The van der Waals surface area contributed by atoms with Crippen LogP contribution in [0.15, 0.2) is 0 Å². The van der Waals surface area contributed by atoms with Crippen LogP contribution < -0.4 is 0 Å². The van der Waals surface area contributed by atoms with Crippen LogP contribution in [-0.4, -0.2) is 15.6 Å². The SMILES string of the molecule is S.S.[N-]=[N+]=C=[N+]=N. The Bertz CT molecular complexity index is 102. The molecule has 0 bridgehead atoms. The molecule has 0 aliphatic heterocycles. The van der Waals surface area contributed by atoms with Crippen molar-refractivity contribution in [3.8, 4) is 0 Å². The van der Waals surface area contributed by atoms with E-state index in [1.807, 2.05) is 0 Å². The molecular weight excluding hydrogens is 132 g/mol. The first kappa shape index (κ1) is 16.1. The lowest BCUT2D eigenvalue weighted by atomic mass is 11.6. The third kappa shape index (κ3) is 29.9. The van der Waals surface area contributed by atoms with Gasteiger partial charge in [0, 0.05) is 0 Å². The lowest BCUT2D eigenvalue weighted by Gasteiger charge is -1.08. The van der Waals surface area contributed by atoms with E-state index >= 15 is 0 Å². The van der Waals surface area contributed by atoms with Crippen molar-refractivity contribution in [3.63, 3.8) is 0 Å². The van der Waals surface area contributed by atoms with Gasteiger partial charge < -0.3 is 5.53 Å². The smallest absolute Gasteiger partial charge is 0.341 e. The maximum absolute atomic E-state index is 7.37. The largest absolute Gasteiger partial charge is 0.782 e. The van der Waals surface area contributed by atoms with Crippen molar-refractivity contribution in [1.82, 2.24) is 0 Å². The fraction of sp³-hybridized carbons (Fsp3) is 0. The fourth-order valence-corrected chi connectivity index (χ4v) is 0.0224. The van der Waals surface area contributed by atoms with Crippen LogP contribution in [0.4, 0.5) is 0 Å². The molecule has 0 saturated carbocycles. The summed E-state index contributed by atoms with van der Waals surface area (Å²) in [4.78, 5) is 4.69. The molecular formula is CH5N4S2+. The number of nitrogens with one attached hydrogen (secondary N) is 1. The third-order valence-corrected chi connectivity index (χ3v) is 0.0947. The molecule has 0 heterocycles. The first-order valence-corrected chi connectivity index (χ1v) is 0.871. The van der Waals surface area contributed by atoms with Crippen LogP contribution in [-0.2, 0) is 0 Å². The Labute approximate surface area is 54.3 Å². The number of hydrogen-bond donors (Lipinski definition) is 1. The van der Waals surface area contributed by atoms with Crippen molar-refractivity contribution in [2.24, 2.45) is 0 Å². The van der Waals surface area contributed by atoms with Crippen molar-refractivity contribution in [2.45, 2.75) is 0 Å². The van der Waals surface area contributed by atoms with E-state index in [9.17, 15) is 0 Å². The molecule has 0 aromatic rings. The molecule has 6 heteroatoms. The summed E-state index contributed by atoms with van der Waals surface area (Å²) in [5, 5.41) is 0. The number of nitrogens with zero attached hydrogens (tertiary/aromatic N) is 3. The Balaban J connectivity index is -0.0000000800. The summed E-state index contributed by atoms with van der Waals surface area (Å²) < 4.78 is 0. The Hall–Kier alpha value is -0.500.